The number of para-hydroxylation sites is 1. The molecule has 2 heterocycles. The van der Waals surface area contributed by atoms with Crippen LogP contribution in [0.3, 0.4) is 0 Å². The Morgan fingerprint density at radius 1 is 1.35 bits per heavy atom. The molecule has 2 aliphatic rings. The molecule has 0 amide bonds. The van der Waals surface area contributed by atoms with Crippen LogP contribution in [0.4, 0.5) is 11.4 Å². The lowest BCUT2D eigenvalue weighted by Gasteiger charge is -2.31. The van der Waals surface area contributed by atoms with Gasteiger partial charge < -0.3 is 10.2 Å². The number of hydrogen-bond acceptors (Lipinski definition) is 4. The van der Waals surface area contributed by atoms with Crippen LogP contribution in [0, 0.1) is 10.1 Å². The van der Waals surface area contributed by atoms with Gasteiger partial charge in [0.2, 0.25) is 0 Å². The third-order valence-corrected chi connectivity index (χ3v) is 4.62. The molecule has 0 spiro atoms. The molecular weight excluding hydrogens is 278 g/mol. The van der Waals surface area contributed by atoms with Gasteiger partial charge in [-0.15, -0.1) is 0 Å². The van der Waals surface area contributed by atoms with Crippen molar-refractivity contribution in [2.45, 2.75) is 37.8 Å². The Bertz CT molecular complexity index is 517. The van der Waals surface area contributed by atoms with E-state index in [-0.39, 0.29) is 10.6 Å². The minimum absolute atomic E-state index is 0.113. The quantitative estimate of drug-likeness (QED) is 0.688. The predicted octanol–water partition coefficient (Wildman–Crippen LogP) is 2.97. The summed E-state index contributed by atoms with van der Waals surface area (Å²) in [5.41, 5.74) is 0.706. The Labute approximate surface area is 123 Å². The highest BCUT2D eigenvalue weighted by Gasteiger charge is 2.37. The second-order valence-corrected chi connectivity index (χ2v) is 5.88. The van der Waals surface area contributed by atoms with Gasteiger partial charge in [-0.25, -0.2) is 0 Å². The number of nitrogens with one attached hydrogen (secondary N) is 1. The average Bonchev–Trinajstić information content (AvgIpc) is 3.08. The highest BCUT2D eigenvalue weighted by molar-refractivity contribution is 6.33. The zero-order chi connectivity index (χ0) is 14.1. The fourth-order valence-electron chi connectivity index (χ4n) is 3.46. The third kappa shape index (κ3) is 2.36. The van der Waals surface area contributed by atoms with Crippen LogP contribution in [-0.2, 0) is 0 Å². The van der Waals surface area contributed by atoms with E-state index < -0.39 is 0 Å². The standard InChI is InChI=1S/C14H18ClN3O2/c15-10-4-1-6-13(18(19)20)14(10)17-9-3-7-12(17)11-5-2-8-16-11/h1,4,6,11-12,16H,2-3,5,7-9H2. The van der Waals surface area contributed by atoms with Gasteiger partial charge >= 0.3 is 0 Å². The molecule has 0 aliphatic carbocycles. The van der Waals surface area contributed by atoms with Gasteiger partial charge in [0.05, 0.1) is 9.95 Å². The van der Waals surface area contributed by atoms with Crippen molar-refractivity contribution in [2.24, 2.45) is 0 Å². The molecule has 2 saturated heterocycles. The molecule has 108 valence electrons. The Morgan fingerprint density at radius 3 is 2.90 bits per heavy atom. The van der Waals surface area contributed by atoms with E-state index >= 15 is 0 Å². The fraction of sp³-hybridized carbons (Fsp3) is 0.571. The van der Waals surface area contributed by atoms with Gasteiger partial charge in [-0.2, -0.15) is 0 Å². The Morgan fingerprint density at radius 2 is 2.20 bits per heavy atom. The first-order chi connectivity index (χ1) is 9.68. The van der Waals surface area contributed by atoms with Gasteiger partial charge in [0, 0.05) is 24.7 Å². The summed E-state index contributed by atoms with van der Waals surface area (Å²) in [6.45, 7) is 1.88. The van der Waals surface area contributed by atoms with Crippen molar-refractivity contribution in [3.63, 3.8) is 0 Å². The van der Waals surface area contributed by atoms with Crippen LogP contribution in [0.5, 0.6) is 0 Å². The van der Waals surface area contributed by atoms with Crippen molar-refractivity contribution >= 4 is 23.0 Å². The molecule has 5 nitrogen and oxygen atoms in total. The molecule has 2 unspecified atom stereocenters. The fourth-order valence-corrected chi connectivity index (χ4v) is 3.74. The predicted molar refractivity (Wildman–Crippen MR) is 79.5 cm³/mol. The van der Waals surface area contributed by atoms with Crippen molar-refractivity contribution in [1.29, 1.82) is 0 Å². The average molecular weight is 296 g/mol. The monoisotopic (exact) mass is 295 g/mol. The molecule has 3 rings (SSSR count). The van der Waals surface area contributed by atoms with Crippen molar-refractivity contribution in [2.75, 3.05) is 18.0 Å². The van der Waals surface area contributed by atoms with Crippen molar-refractivity contribution < 1.29 is 4.92 Å². The minimum atomic E-state index is -0.335. The number of anilines is 1. The summed E-state index contributed by atoms with van der Waals surface area (Å²) in [6, 6.07) is 5.66. The van der Waals surface area contributed by atoms with Gasteiger partial charge in [0.25, 0.3) is 5.69 Å². The summed E-state index contributed by atoms with van der Waals surface area (Å²) in [7, 11) is 0. The molecule has 6 heteroatoms. The maximum Gasteiger partial charge on any atom is 0.294 e. The molecule has 1 N–H and O–H groups in total. The van der Waals surface area contributed by atoms with E-state index in [0.717, 1.165) is 32.4 Å². The molecule has 0 saturated carbocycles. The van der Waals surface area contributed by atoms with Crippen molar-refractivity contribution in [1.82, 2.24) is 5.32 Å². The van der Waals surface area contributed by atoms with E-state index in [4.69, 9.17) is 11.6 Å². The topological polar surface area (TPSA) is 58.4 Å². The number of nitro benzene ring substituents is 1. The molecule has 2 aliphatic heterocycles. The van der Waals surface area contributed by atoms with Crippen LogP contribution in [0.1, 0.15) is 25.7 Å². The van der Waals surface area contributed by atoms with Crippen LogP contribution < -0.4 is 10.2 Å². The Balaban J connectivity index is 1.96. The summed E-state index contributed by atoms with van der Waals surface area (Å²) >= 11 is 6.26. The van der Waals surface area contributed by atoms with Gasteiger partial charge in [-0.3, -0.25) is 10.1 Å². The van der Waals surface area contributed by atoms with E-state index in [1.807, 2.05) is 0 Å². The second kappa shape index (κ2) is 5.58. The summed E-state index contributed by atoms with van der Waals surface area (Å²) in [5, 5.41) is 15.3. The summed E-state index contributed by atoms with van der Waals surface area (Å²) in [4.78, 5) is 13.1. The maximum atomic E-state index is 11.3. The molecule has 0 aromatic heterocycles. The Kier molecular flexibility index (Phi) is 3.81. The number of rotatable bonds is 3. The summed E-state index contributed by atoms with van der Waals surface area (Å²) in [6.07, 6.45) is 4.45. The first-order valence-corrected chi connectivity index (χ1v) is 7.49. The molecule has 0 bridgehead atoms. The van der Waals surface area contributed by atoms with Gasteiger partial charge in [-0.05, 0) is 38.3 Å². The largest absolute Gasteiger partial charge is 0.360 e. The van der Waals surface area contributed by atoms with Crippen LogP contribution in [0.2, 0.25) is 5.02 Å². The molecular formula is C14H18ClN3O2. The zero-order valence-electron chi connectivity index (χ0n) is 11.2. The number of benzene rings is 1. The first-order valence-electron chi connectivity index (χ1n) is 7.11. The number of halogens is 1. The molecule has 1 aromatic carbocycles. The SMILES string of the molecule is O=[N+]([O-])c1cccc(Cl)c1N1CCCC1C1CCCN1. The van der Waals surface area contributed by atoms with E-state index in [0.29, 0.717) is 22.8 Å². The lowest BCUT2D eigenvalue weighted by Crippen LogP contribution is -2.44. The first kappa shape index (κ1) is 13.6. The van der Waals surface area contributed by atoms with E-state index in [1.165, 1.54) is 6.42 Å². The maximum absolute atomic E-state index is 11.3. The molecule has 2 fully saturated rings. The molecule has 0 radical (unpaired) electrons. The second-order valence-electron chi connectivity index (χ2n) is 5.47. The highest BCUT2D eigenvalue weighted by Crippen LogP contribution is 2.40. The lowest BCUT2D eigenvalue weighted by atomic mass is 10.0. The highest BCUT2D eigenvalue weighted by atomic mass is 35.5. The number of nitro groups is 1. The van der Waals surface area contributed by atoms with Crippen LogP contribution >= 0.6 is 11.6 Å². The van der Waals surface area contributed by atoms with E-state index in [1.54, 1.807) is 18.2 Å². The lowest BCUT2D eigenvalue weighted by molar-refractivity contribution is -0.384. The van der Waals surface area contributed by atoms with Gasteiger partial charge in [0.15, 0.2) is 0 Å². The number of hydrogen-bond donors (Lipinski definition) is 1. The third-order valence-electron chi connectivity index (χ3n) is 4.31. The molecule has 20 heavy (non-hydrogen) atoms. The normalized spacial score (nSPS) is 26.1. The summed E-state index contributed by atoms with van der Waals surface area (Å²) in [5.74, 6) is 0. The van der Waals surface area contributed by atoms with Crippen molar-refractivity contribution in [3.05, 3.63) is 33.3 Å². The number of nitrogens with zero attached hydrogens (tertiary/aromatic N) is 2. The van der Waals surface area contributed by atoms with Gasteiger partial charge in [-0.1, -0.05) is 17.7 Å². The van der Waals surface area contributed by atoms with Crippen LogP contribution in [-0.4, -0.2) is 30.1 Å². The van der Waals surface area contributed by atoms with Crippen molar-refractivity contribution in [3.8, 4) is 0 Å². The smallest absolute Gasteiger partial charge is 0.294 e. The van der Waals surface area contributed by atoms with Crippen LogP contribution in [0.25, 0.3) is 0 Å². The van der Waals surface area contributed by atoms with E-state index in [2.05, 4.69) is 10.2 Å². The Hall–Kier alpha value is -1.33. The van der Waals surface area contributed by atoms with Gasteiger partial charge in [0.1, 0.15) is 5.69 Å². The minimum Gasteiger partial charge on any atom is -0.360 e. The zero-order valence-corrected chi connectivity index (χ0v) is 12.0. The molecule has 1 aromatic rings. The summed E-state index contributed by atoms with van der Waals surface area (Å²) < 4.78 is 0. The molecule has 2 atom stereocenters. The van der Waals surface area contributed by atoms with Crippen LogP contribution in [0.15, 0.2) is 18.2 Å². The van der Waals surface area contributed by atoms with E-state index in [9.17, 15) is 10.1 Å².